The molecule has 1 aliphatic heterocycles. The molecule has 1 aliphatic rings. The Bertz CT molecular complexity index is 2380. The number of para-hydroxylation sites is 3. The first-order valence-electron chi connectivity index (χ1n) is 15.3. The molecule has 0 N–H and O–H groups in total. The molecular weight excluding hydrogens is 534 g/mol. The van der Waals surface area contributed by atoms with E-state index in [-0.39, 0.29) is 0 Å². The van der Waals surface area contributed by atoms with Crippen molar-refractivity contribution >= 4 is 49.6 Å². The highest BCUT2D eigenvalue weighted by atomic mass is 15.2. The highest BCUT2D eigenvalue weighted by molar-refractivity contribution is 6.08. The fraction of sp³-hybridized carbons (Fsp3) is 0.0488. The van der Waals surface area contributed by atoms with Crippen LogP contribution in [0.25, 0.3) is 60.5 Å². The van der Waals surface area contributed by atoms with Crippen molar-refractivity contribution in [3.8, 4) is 27.9 Å². The van der Waals surface area contributed by atoms with Crippen LogP contribution in [0.4, 0.5) is 17.1 Å². The van der Waals surface area contributed by atoms with Crippen LogP contribution in [0.2, 0.25) is 0 Å². The lowest BCUT2D eigenvalue weighted by Gasteiger charge is -2.34. The predicted molar refractivity (Wildman–Crippen MR) is 185 cm³/mol. The van der Waals surface area contributed by atoms with E-state index in [1.807, 2.05) is 0 Å². The number of aryl methyl sites for hydroxylation is 1. The van der Waals surface area contributed by atoms with Gasteiger partial charge in [-0.25, -0.2) is 4.98 Å². The zero-order chi connectivity index (χ0) is 29.2. The first kappa shape index (κ1) is 24.9. The molecule has 0 aliphatic carbocycles. The molecular formula is C41H29N3. The molecule has 1 aromatic heterocycles. The fourth-order valence-corrected chi connectivity index (χ4v) is 6.92. The molecule has 8 aromatic rings. The fourth-order valence-electron chi connectivity index (χ4n) is 6.92. The maximum absolute atomic E-state index is 5.11. The van der Waals surface area contributed by atoms with E-state index in [1.165, 1.54) is 55.2 Å². The summed E-state index contributed by atoms with van der Waals surface area (Å²) in [6.45, 7) is 2.19. The average molecular weight is 564 g/mol. The number of benzene rings is 7. The summed E-state index contributed by atoms with van der Waals surface area (Å²) in [4.78, 5) is 7.53. The van der Waals surface area contributed by atoms with Crippen LogP contribution in [0.5, 0.6) is 0 Å². The molecule has 0 unspecified atom stereocenters. The van der Waals surface area contributed by atoms with Gasteiger partial charge in [0.1, 0.15) is 5.82 Å². The van der Waals surface area contributed by atoms with Gasteiger partial charge in [0, 0.05) is 17.7 Å². The molecule has 44 heavy (non-hydrogen) atoms. The van der Waals surface area contributed by atoms with Gasteiger partial charge in [-0.2, -0.15) is 0 Å². The average Bonchev–Trinajstić information content (AvgIpc) is 3.48. The van der Waals surface area contributed by atoms with E-state index >= 15 is 0 Å². The topological polar surface area (TPSA) is 21.1 Å². The number of imidazole rings is 1. The van der Waals surface area contributed by atoms with Gasteiger partial charge in [-0.1, -0.05) is 97.9 Å². The minimum atomic E-state index is 0.860. The lowest BCUT2D eigenvalue weighted by molar-refractivity contribution is 0.900. The number of anilines is 3. The first-order valence-corrected chi connectivity index (χ1v) is 15.3. The zero-order valence-corrected chi connectivity index (χ0v) is 24.4. The van der Waals surface area contributed by atoms with Gasteiger partial charge in [0.05, 0.1) is 28.1 Å². The summed E-state index contributed by atoms with van der Waals surface area (Å²) in [5, 5.41) is 4.99. The van der Waals surface area contributed by atoms with Crippen molar-refractivity contribution in [1.29, 1.82) is 0 Å². The summed E-state index contributed by atoms with van der Waals surface area (Å²) in [5.74, 6) is 1.08. The van der Waals surface area contributed by atoms with Crippen molar-refractivity contribution in [1.82, 2.24) is 9.55 Å². The number of rotatable bonds is 4. The number of hydrogen-bond donors (Lipinski definition) is 0. The SMILES string of the molecule is CCc1nc2ccc(-c3ccc4cc(-c5ccc6ccccc6c5)ccc4c3)c3c2n1-c1ccccc1N3c1ccccc1. The third-order valence-electron chi connectivity index (χ3n) is 9.01. The van der Waals surface area contributed by atoms with E-state index in [2.05, 4.69) is 162 Å². The van der Waals surface area contributed by atoms with Crippen molar-refractivity contribution in [2.45, 2.75) is 13.3 Å². The highest BCUT2D eigenvalue weighted by Gasteiger charge is 2.31. The normalized spacial score (nSPS) is 12.2. The van der Waals surface area contributed by atoms with Crippen LogP contribution >= 0.6 is 0 Å². The lowest BCUT2D eigenvalue weighted by Crippen LogP contribution is -2.19. The maximum Gasteiger partial charge on any atom is 0.114 e. The molecule has 7 aromatic carbocycles. The van der Waals surface area contributed by atoms with Gasteiger partial charge < -0.3 is 4.90 Å². The molecule has 0 spiro atoms. The maximum atomic E-state index is 5.11. The second-order valence-electron chi connectivity index (χ2n) is 11.5. The summed E-state index contributed by atoms with van der Waals surface area (Å²) in [5.41, 5.74) is 11.7. The molecule has 3 heteroatoms. The number of fused-ring (bicyclic) bond motifs is 4. The number of hydrogen-bond acceptors (Lipinski definition) is 2. The van der Waals surface area contributed by atoms with Gasteiger partial charge in [-0.3, -0.25) is 4.57 Å². The molecule has 9 rings (SSSR count). The summed E-state index contributed by atoms with van der Waals surface area (Å²) < 4.78 is 2.37. The standard InChI is InChI=1S/C41H29N3/c1-2-39-42-36-23-22-35(40-41(36)44(39)38-15-9-8-14-37(38)43(40)34-12-4-3-5-13-34)33-21-20-31-25-30(18-19-32(31)26-33)29-17-16-27-10-6-7-11-28(27)24-29/h3-26H,2H2,1H3. The molecule has 0 fully saturated rings. The number of aromatic nitrogens is 2. The molecule has 0 bridgehead atoms. The van der Waals surface area contributed by atoms with Crippen LogP contribution in [0.3, 0.4) is 0 Å². The van der Waals surface area contributed by atoms with E-state index in [1.54, 1.807) is 0 Å². The molecule has 2 heterocycles. The Morgan fingerprint density at radius 3 is 1.86 bits per heavy atom. The van der Waals surface area contributed by atoms with E-state index < -0.39 is 0 Å². The second-order valence-corrected chi connectivity index (χ2v) is 11.5. The van der Waals surface area contributed by atoms with Gasteiger partial charge in [-0.05, 0) is 92.8 Å². The van der Waals surface area contributed by atoms with E-state index in [0.717, 1.165) is 34.7 Å². The van der Waals surface area contributed by atoms with Gasteiger partial charge in [0.15, 0.2) is 0 Å². The number of nitrogens with zero attached hydrogens (tertiary/aromatic N) is 3. The predicted octanol–water partition coefficient (Wildman–Crippen LogP) is 11.0. The summed E-state index contributed by atoms with van der Waals surface area (Å²) in [7, 11) is 0. The second kappa shape index (κ2) is 9.68. The molecule has 0 atom stereocenters. The minimum Gasteiger partial charge on any atom is -0.306 e. The Morgan fingerprint density at radius 1 is 0.523 bits per heavy atom. The third-order valence-corrected chi connectivity index (χ3v) is 9.01. The van der Waals surface area contributed by atoms with Gasteiger partial charge in [0.2, 0.25) is 0 Å². The van der Waals surface area contributed by atoms with E-state index in [4.69, 9.17) is 4.98 Å². The van der Waals surface area contributed by atoms with Crippen molar-refractivity contribution in [2.75, 3.05) is 4.90 Å². The molecule has 3 nitrogen and oxygen atoms in total. The van der Waals surface area contributed by atoms with Crippen LogP contribution in [0.15, 0.2) is 146 Å². The van der Waals surface area contributed by atoms with Crippen LogP contribution < -0.4 is 4.90 Å². The Balaban J connectivity index is 1.24. The Labute approximate surface area is 256 Å². The molecule has 0 amide bonds. The van der Waals surface area contributed by atoms with Crippen molar-refractivity contribution in [2.24, 2.45) is 0 Å². The third kappa shape index (κ3) is 3.73. The lowest BCUT2D eigenvalue weighted by atomic mass is 9.94. The first-order chi connectivity index (χ1) is 21.8. The van der Waals surface area contributed by atoms with Crippen LogP contribution in [-0.2, 0) is 6.42 Å². The van der Waals surface area contributed by atoms with Crippen molar-refractivity contribution in [3.63, 3.8) is 0 Å². The van der Waals surface area contributed by atoms with Crippen LogP contribution in [0, 0.1) is 0 Å². The Kier molecular flexibility index (Phi) is 5.48. The summed E-state index contributed by atoms with van der Waals surface area (Å²) in [6.07, 6.45) is 0.860. The quantitative estimate of drug-likeness (QED) is 0.212. The van der Waals surface area contributed by atoms with Crippen molar-refractivity contribution in [3.05, 3.63) is 151 Å². The molecule has 0 saturated carbocycles. The monoisotopic (exact) mass is 563 g/mol. The molecule has 0 saturated heterocycles. The Morgan fingerprint density at radius 2 is 1.11 bits per heavy atom. The van der Waals surface area contributed by atoms with Crippen molar-refractivity contribution < 1.29 is 0 Å². The van der Waals surface area contributed by atoms with E-state index in [9.17, 15) is 0 Å². The largest absolute Gasteiger partial charge is 0.306 e. The molecule has 0 radical (unpaired) electrons. The highest BCUT2D eigenvalue weighted by Crippen LogP contribution is 2.51. The van der Waals surface area contributed by atoms with Crippen LogP contribution in [-0.4, -0.2) is 9.55 Å². The Hall–Kier alpha value is -5.67. The van der Waals surface area contributed by atoms with Crippen LogP contribution in [0.1, 0.15) is 12.7 Å². The summed E-state index contributed by atoms with van der Waals surface area (Å²) >= 11 is 0. The van der Waals surface area contributed by atoms with Gasteiger partial charge >= 0.3 is 0 Å². The minimum absolute atomic E-state index is 0.860. The smallest absolute Gasteiger partial charge is 0.114 e. The molecule has 208 valence electrons. The van der Waals surface area contributed by atoms with Gasteiger partial charge in [-0.15, -0.1) is 0 Å². The van der Waals surface area contributed by atoms with Gasteiger partial charge in [0.25, 0.3) is 0 Å². The summed E-state index contributed by atoms with van der Waals surface area (Å²) in [6, 6.07) is 52.8. The zero-order valence-electron chi connectivity index (χ0n) is 24.4. The van der Waals surface area contributed by atoms with E-state index in [0.29, 0.717) is 0 Å².